The molecule has 31 heavy (non-hydrogen) atoms. The van der Waals surface area contributed by atoms with Gasteiger partial charge in [0.25, 0.3) is 0 Å². The van der Waals surface area contributed by atoms with Gasteiger partial charge in [0.15, 0.2) is 0 Å². The molecule has 0 atom stereocenters. The normalized spacial score (nSPS) is 14.7. The lowest BCUT2D eigenvalue weighted by molar-refractivity contribution is -0.0312. The second-order valence-corrected chi connectivity index (χ2v) is 9.52. The minimum absolute atomic E-state index is 0.212. The number of carbonyl (C=O) groups is 1. The maximum absolute atomic E-state index is 14.7. The van der Waals surface area contributed by atoms with Crippen molar-refractivity contribution in [1.82, 2.24) is 9.80 Å². The molecule has 0 aromatic heterocycles. The lowest BCUT2D eigenvalue weighted by Gasteiger charge is -2.28. The van der Waals surface area contributed by atoms with E-state index in [0.29, 0.717) is 31.0 Å². The summed E-state index contributed by atoms with van der Waals surface area (Å²) in [6, 6.07) is 5.44. The van der Waals surface area contributed by atoms with E-state index < -0.39 is 11.7 Å². The minimum Gasteiger partial charge on any atom is -0.443 e. The number of carbonyl (C=O) groups excluding carboxylic acids is 1. The van der Waals surface area contributed by atoms with Gasteiger partial charge in [0, 0.05) is 38.0 Å². The lowest BCUT2D eigenvalue weighted by Crippen LogP contribution is -2.37. The van der Waals surface area contributed by atoms with Crippen LogP contribution in [0.4, 0.5) is 9.18 Å². The first-order valence-electron chi connectivity index (χ1n) is 10.8. The predicted octanol–water partition coefficient (Wildman–Crippen LogP) is 5.16. The summed E-state index contributed by atoms with van der Waals surface area (Å²) in [7, 11) is 1.93. The molecule has 0 N–H and O–H groups in total. The average Bonchev–Trinajstić information content (AvgIpc) is 2.61. The zero-order valence-corrected chi connectivity index (χ0v) is 19.8. The molecule has 1 aromatic rings. The molecule has 0 radical (unpaired) electrons. The molecule has 2 rings (SSSR count). The molecule has 0 bridgehead atoms. The van der Waals surface area contributed by atoms with Crippen LogP contribution >= 0.6 is 0 Å². The van der Waals surface area contributed by atoms with Gasteiger partial charge in [0.05, 0.1) is 13.2 Å². The summed E-state index contributed by atoms with van der Waals surface area (Å²) < 4.78 is 25.4. The van der Waals surface area contributed by atoms with Gasteiger partial charge in [-0.3, -0.25) is 4.90 Å². The van der Waals surface area contributed by atoms with Crippen molar-refractivity contribution in [2.24, 2.45) is 5.92 Å². The highest BCUT2D eigenvalue weighted by molar-refractivity contribution is 5.69. The van der Waals surface area contributed by atoms with Gasteiger partial charge in [-0.1, -0.05) is 24.3 Å². The monoisotopic (exact) mass is 432 g/mol. The van der Waals surface area contributed by atoms with E-state index in [0.717, 1.165) is 36.5 Å². The zero-order valence-electron chi connectivity index (χ0n) is 19.8. The number of hydrogen-bond acceptors (Lipinski definition) is 4. The summed E-state index contributed by atoms with van der Waals surface area (Å²) in [6.07, 6.45) is 2.61. The molecule has 0 saturated carbocycles. The Labute approximate surface area is 186 Å². The number of allylic oxidation sites excluding steroid dienone is 2. The fraction of sp³-hybridized carbons (Fsp3) is 0.560. The van der Waals surface area contributed by atoms with Crippen molar-refractivity contribution in [2.75, 3.05) is 33.4 Å². The van der Waals surface area contributed by atoms with E-state index in [1.54, 1.807) is 17.2 Å². The Morgan fingerprint density at radius 1 is 1.29 bits per heavy atom. The van der Waals surface area contributed by atoms with Crippen LogP contribution in [-0.2, 0) is 22.3 Å². The van der Waals surface area contributed by atoms with E-state index in [-0.39, 0.29) is 5.82 Å². The Balaban J connectivity index is 2.09. The second kappa shape index (κ2) is 10.8. The van der Waals surface area contributed by atoms with Gasteiger partial charge in [-0.2, -0.15) is 0 Å². The number of hydrogen-bond donors (Lipinski definition) is 0. The van der Waals surface area contributed by atoms with Crippen LogP contribution in [0, 0.1) is 11.7 Å². The van der Waals surface area contributed by atoms with Crippen LogP contribution in [0.15, 0.2) is 42.2 Å². The molecule has 1 aliphatic heterocycles. The lowest BCUT2D eigenvalue weighted by atomic mass is 9.96. The third-order valence-corrected chi connectivity index (χ3v) is 5.15. The summed E-state index contributed by atoms with van der Waals surface area (Å²) in [5, 5.41) is 0. The highest BCUT2D eigenvalue weighted by Crippen LogP contribution is 2.21. The van der Waals surface area contributed by atoms with Gasteiger partial charge in [-0.15, -0.1) is 0 Å². The van der Waals surface area contributed by atoms with Gasteiger partial charge in [-0.25, -0.2) is 9.18 Å². The van der Waals surface area contributed by atoms with Gasteiger partial charge >= 0.3 is 6.09 Å². The molecule has 1 heterocycles. The van der Waals surface area contributed by atoms with Gasteiger partial charge in [0.1, 0.15) is 11.4 Å². The van der Waals surface area contributed by atoms with Crippen LogP contribution in [0.1, 0.15) is 45.7 Å². The van der Waals surface area contributed by atoms with Crippen molar-refractivity contribution in [3.63, 3.8) is 0 Å². The number of rotatable bonds is 9. The minimum atomic E-state index is -0.593. The molecule has 172 valence electrons. The molecule has 1 aromatic carbocycles. The van der Waals surface area contributed by atoms with Crippen molar-refractivity contribution in [2.45, 2.75) is 53.1 Å². The van der Waals surface area contributed by atoms with E-state index in [1.165, 1.54) is 0 Å². The summed E-state index contributed by atoms with van der Waals surface area (Å²) in [4.78, 5) is 16.2. The molecule has 0 spiro atoms. The summed E-state index contributed by atoms with van der Waals surface area (Å²) in [6.45, 7) is 15.8. The third kappa shape index (κ3) is 8.37. The third-order valence-electron chi connectivity index (χ3n) is 5.15. The SMILES string of the molecule is C=C(C)N(C)CCN(/C=C(\C)Cc1ccc(CC2COC2)cc1F)C(=O)OC(C)(C)C. The zero-order chi connectivity index (χ0) is 23.2. The van der Waals surface area contributed by atoms with E-state index in [9.17, 15) is 9.18 Å². The van der Waals surface area contributed by atoms with Crippen molar-refractivity contribution in [1.29, 1.82) is 0 Å². The van der Waals surface area contributed by atoms with Crippen molar-refractivity contribution < 1.29 is 18.7 Å². The molecular formula is C25H37FN2O3. The molecule has 0 unspecified atom stereocenters. The summed E-state index contributed by atoms with van der Waals surface area (Å²) in [5.41, 5.74) is 2.81. The van der Waals surface area contributed by atoms with Crippen LogP contribution < -0.4 is 0 Å². The van der Waals surface area contributed by atoms with Crippen molar-refractivity contribution >= 4 is 6.09 Å². The molecule has 1 amide bonds. The van der Waals surface area contributed by atoms with Crippen molar-refractivity contribution in [3.8, 4) is 0 Å². The van der Waals surface area contributed by atoms with E-state index in [4.69, 9.17) is 9.47 Å². The highest BCUT2D eigenvalue weighted by atomic mass is 19.1. The van der Waals surface area contributed by atoms with Crippen LogP contribution in [-0.4, -0.2) is 54.8 Å². The highest BCUT2D eigenvalue weighted by Gasteiger charge is 2.22. The molecule has 1 saturated heterocycles. The first-order valence-corrected chi connectivity index (χ1v) is 10.8. The van der Waals surface area contributed by atoms with Crippen LogP contribution in [0.3, 0.4) is 0 Å². The van der Waals surface area contributed by atoms with Gasteiger partial charge < -0.3 is 14.4 Å². The molecule has 5 nitrogen and oxygen atoms in total. The Morgan fingerprint density at radius 3 is 2.48 bits per heavy atom. The molecule has 1 fully saturated rings. The molecule has 0 aliphatic carbocycles. The number of benzene rings is 1. The van der Waals surface area contributed by atoms with Crippen molar-refractivity contribution in [3.05, 3.63) is 59.2 Å². The maximum atomic E-state index is 14.7. The summed E-state index contributed by atoms with van der Waals surface area (Å²) in [5.74, 6) is 0.280. The van der Waals surface area contributed by atoms with Crippen LogP contribution in [0.25, 0.3) is 0 Å². The average molecular weight is 433 g/mol. The van der Waals surface area contributed by atoms with Gasteiger partial charge in [-0.05, 0) is 64.7 Å². The number of likely N-dealkylation sites (N-methyl/N-ethyl adjacent to an activating group) is 1. The fourth-order valence-corrected chi connectivity index (χ4v) is 3.19. The topological polar surface area (TPSA) is 42.0 Å². The number of amides is 1. The fourth-order valence-electron chi connectivity index (χ4n) is 3.19. The van der Waals surface area contributed by atoms with E-state index in [2.05, 4.69) is 6.58 Å². The predicted molar refractivity (Wildman–Crippen MR) is 122 cm³/mol. The Bertz CT molecular complexity index is 809. The Kier molecular flexibility index (Phi) is 8.69. The smallest absolute Gasteiger partial charge is 0.414 e. The largest absolute Gasteiger partial charge is 0.443 e. The second-order valence-electron chi connectivity index (χ2n) is 9.52. The summed E-state index contributed by atoms with van der Waals surface area (Å²) >= 11 is 0. The quantitative estimate of drug-likeness (QED) is 0.540. The molecule has 1 aliphatic rings. The van der Waals surface area contributed by atoms with E-state index >= 15 is 0 Å². The van der Waals surface area contributed by atoms with Crippen LogP contribution in [0.2, 0.25) is 0 Å². The maximum Gasteiger partial charge on any atom is 0.414 e. The number of ether oxygens (including phenoxy) is 2. The first kappa shape index (κ1) is 24.9. The van der Waals surface area contributed by atoms with Crippen LogP contribution in [0.5, 0.6) is 0 Å². The standard InChI is InChI=1S/C25H37FN2O3/c1-18(2)27(7)10-11-28(24(29)31-25(4,5)6)15-19(3)12-22-9-8-20(14-23(22)26)13-21-16-30-17-21/h8-9,14-15,21H,1,10-13,16-17H2,2-7H3/b19-15+. The molecule has 6 heteroatoms. The number of halogens is 1. The number of nitrogens with zero attached hydrogens (tertiary/aromatic N) is 2. The van der Waals surface area contributed by atoms with Gasteiger partial charge in [0.2, 0.25) is 0 Å². The first-order chi connectivity index (χ1) is 14.4. The molecular weight excluding hydrogens is 395 g/mol. The Morgan fingerprint density at radius 2 is 1.97 bits per heavy atom. The van der Waals surface area contributed by atoms with E-state index in [1.807, 2.05) is 58.7 Å². The Hall–Kier alpha value is -2.34.